The maximum absolute atomic E-state index is 13.3. The Labute approximate surface area is 166 Å². The third kappa shape index (κ3) is 3.99. The van der Waals surface area contributed by atoms with E-state index in [1.807, 2.05) is 33.8 Å². The van der Waals surface area contributed by atoms with Gasteiger partial charge in [-0.1, -0.05) is 38.1 Å². The standard InChI is InChI=1S/C21H26N2O4S/c1-14(2)16(4)22-21(24)20-13-23(18-12-15(3)10-11-19(18)27-20)28(25,26)17-8-6-5-7-9-17/h5-12,14,16,20H,13H2,1-4H3,(H,22,24)/t16-,20-/m0/s1. The summed E-state index contributed by atoms with van der Waals surface area (Å²) in [6.07, 6.45) is -0.921. The first-order chi connectivity index (χ1) is 13.2. The lowest BCUT2D eigenvalue weighted by Gasteiger charge is -2.35. The minimum Gasteiger partial charge on any atom is -0.476 e. The van der Waals surface area contributed by atoms with Crippen molar-refractivity contribution in [1.82, 2.24) is 5.32 Å². The van der Waals surface area contributed by atoms with Gasteiger partial charge in [0.05, 0.1) is 17.1 Å². The molecule has 1 amide bonds. The Bertz CT molecular complexity index is 958. The van der Waals surface area contributed by atoms with Crippen molar-refractivity contribution in [3.05, 3.63) is 54.1 Å². The second-order valence-electron chi connectivity index (χ2n) is 7.47. The number of rotatable bonds is 5. The molecule has 0 aromatic heterocycles. The van der Waals surface area contributed by atoms with Gasteiger partial charge in [0.2, 0.25) is 0 Å². The van der Waals surface area contributed by atoms with Crippen molar-refractivity contribution in [3.8, 4) is 5.75 Å². The SMILES string of the molecule is Cc1ccc2c(c1)N(S(=O)(=O)c1ccccc1)C[C@@H](C(=O)N[C@@H](C)C(C)C)O2. The number of benzene rings is 2. The van der Waals surface area contributed by atoms with Crippen LogP contribution in [0, 0.1) is 12.8 Å². The number of carbonyl (C=O) groups is 1. The fourth-order valence-electron chi connectivity index (χ4n) is 2.93. The number of hydrogen-bond donors (Lipinski definition) is 1. The number of hydrogen-bond acceptors (Lipinski definition) is 4. The number of nitrogens with one attached hydrogen (secondary N) is 1. The summed E-state index contributed by atoms with van der Waals surface area (Å²) < 4.78 is 33.7. The molecule has 1 heterocycles. The fourth-order valence-corrected chi connectivity index (χ4v) is 4.42. The van der Waals surface area contributed by atoms with Crippen LogP contribution in [-0.4, -0.2) is 33.0 Å². The number of sulfonamides is 1. The molecule has 0 bridgehead atoms. The van der Waals surface area contributed by atoms with E-state index in [4.69, 9.17) is 4.74 Å². The fraction of sp³-hybridized carbons (Fsp3) is 0.381. The molecule has 1 aliphatic heterocycles. The zero-order valence-corrected chi connectivity index (χ0v) is 17.4. The van der Waals surface area contributed by atoms with Crippen molar-refractivity contribution >= 4 is 21.6 Å². The van der Waals surface area contributed by atoms with Gasteiger partial charge in [0.15, 0.2) is 6.10 Å². The van der Waals surface area contributed by atoms with Crippen LogP contribution >= 0.6 is 0 Å². The van der Waals surface area contributed by atoms with Crippen LogP contribution in [0.2, 0.25) is 0 Å². The molecule has 0 saturated heterocycles. The van der Waals surface area contributed by atoms with Gasteiger partial charge in [-0.15, -0.1) is 0 Å². The monoisotopic (exact) mass is 402 g/mol. The predicted octanol–water partition coefficient (Wildman–Crippen LogP) is 3.11. The third-order valence-electron chi connectivity index (χ3n) is 4.98. The summed E-state index contributed by atoms with van der Waals surface area (Å²) in [6.45, 7) is 7.75. The molecule has 0 unspecified atom stereocenters. The number of aryl methyl sites for hydroxylation is 1. The summed E-state index contributed by atoms with van der Waals surface area (Å²) in [5, 5.41) is 2.92. The van der Waals surface area contributed by atoms with Crippen LogP contribution in [0.15, 0.2) is 53.4 Å². The Morgan fingerprint density at radius 3 is 2.46 bits per heavy atom. The molecule has 0 aliphatic carbocycles. The van der Waals surface area contributed by atoms with Gasteiger partial charge in [0.25, 0.3) is 15.9 Å². The van der Waals surface area contributed by atoms with Crippen molar-refractivity contribution in [2.24, 2.45) is 5.92 Å². The van der Waals surface area contributed by atoms with E-state index in [-0.39, 0.29) is 29.3 Å². The lowest BCUT2D eigenvalue weighted by Crippen LogP contribution is -2.52. The molecular weight excluding hydrogens is 376 g/mol. The van der Waals surface area contributed by atoms with E-state index in [9.17, 15) is 13.2 Å². The smallest absolute Gasteiger partial charge is 0.264 e. The minimum absolute atomic E-state index is 0.0466. The maximum Gasteiger partial charge on any atom is 0.264 e. The van der Waals surface area contributed by atoms with E-state index >= 15 is 0 Å². The maximum atomic E-state index is 13.3. The molecule has 0 spiro atoms. The summed E-state index contributed by atoms with van der Waals surface area (Å²) in [5.41, 5.74) is 1.36. The average Bonchev–Trinajstić information content (AvgIpc) is 2.67. The Balaban J connectivity index is 1.99. The van der Waals surface area contributed by atoms with Crippen LogP contribution in [0.3, 0.4) is 0 Å². The number of nitrogens with zero attached hydrogens (tertiary/aromatic N) is 1. The highest BCUT2D eigenvalue weighted by Crippen LogP contribution is 2.37. The molecule has 2 aromatic rings. The van der Waals surface area contributed by atoms with Crippen molar-refractivity contribution < 1.29 is 17.9 Å². The summed E-state index contributed by atoms with van der Waals surface area (Å²) >= 11 is 0. The van der Waals surface area contributed by atoms with Gasteiger partial charge in [0.1, 0.15) is 5.75 Å². The molecule has 0 fully saturated rings. The molecule has 150 valence electrons. The van der Waals surface area contributed by atoms with E-state index < -0.39 is 16.1 Å². The Morgan fingerprint density at radius 1 is 1.14 bits per heavy atom. The molecule has 1 N–H and O–H groups in total. The highest BCUT2D eigenvalue weighted by atomic mass is 32.2. The summed E-state index contributed by atoms with van der Waals surface area (Å²) in [4.78, 5) is 12.9. The van der Waals surface area contributed by atoms with E-state index in [1.165, 1.54) is 4.31 Å². The molecule has 6 nitrogen and oxygen atoms in total. The van der Waals surface area contributed by atoms with Crippen molar-refractivity contribution in [2.75, 3.05) is 10.8 Å². The lowest BCUT2D eigenvalue weighted by atomic mass is 10.1. The van der Waals surface area contributed by atoms with Gasteiger partial charge in [-0.05, 0) is 49.6 Å². The van der Waals surface area contributed by atoms with Gasteiger partial charge in [0, 0.05) is 6.04 Å². The van der Waals surface area contributed by atoms with Crippen LogP contribution in [0.1, 0.15) is 26.3 Å². The third-order valence-corrected chi connectivity index (χ3v) is 6.77. The Morgan fingerprint density at radius 2 is 1.82 bits per heavy atom. The van der Waals surface area contributed by atoms with E-state index in [0.717, 1.165) is 5.56 Å². The molecule has 7 heteroatoms. The second kappa shape index (κ2) is 7.83. The zero-order chi connectivity index (χ0) is 20.5. The molecule has 28 heavy (non-hydrogen) atoms. The van der Waals surface area contributed by atoms with E-state index in [1.54, 1.807) is 42.5 Å². The first kappa shape index (κ1) is 20.2. The van der Waals surface area contributed by atoms with Gasteiger partial charge in [-0.3, -0.25) is 9.10 Å². The number of amides is 1. The largest absolute Gasteiger partial charge is 0.476 e. The van der Waals surface area contributed by atoms with Gasteiger partial charge < -0.3 is 10.1 Å². The van der Waals surface area contributed by atoms with Crippen LogP contribution in [0.5, 0.6) is 5.75 Å². The molecule has 0 radical (unpaired) electrons. The van der Waals surface area contributed by atoms with Crippen molar-refractivity contribution in [3.63, 3.8) is 0 Å². The molecule has 1 aliphatic rings. The quantitative estimate of drug-likeness (QED) is 0.834. The van der Waals surface area contributed by atoms with Crippen LogP contribution in [-0.2, 0) is 14.8 Å². The number of anilines is 1. The predicted molar refractivity (Wildman–Crippen MR) is 109 cm³/mol. The average molecular weight is 403 g/mol. The Hall–Kier alpha value is -2.54. The van der Waals surface area contributed by atoms with Crippen LogP contribution in [0.25, 0.3) is 0 Å². The zero-order valence-electron chi connectivity index (χ0n) is 16.5. The summed E-state index contributed by atoms with van der Waals surface area (Å²) in [7, 11) is -3.83. The normalized spacial score (nSPS) is 17.6. The topological polar surface area (TPSA) is 75.7 Å². The van der Waals surface area contributed by atoms with Crippen LogP contribution < -0.4 is 14.4 Å². The first-order valence-electron chi connectivity index (χ1n) is 9.35. The highest BCUT2D eigenvalue weighted by Gasteiger charge is 2.38. The van der Waals surface area contributed by atoms with Gasteiger partial charge in [-0.25, -0.2) is 8.42 Å². The summed E-state index contributed by atoms with van der Waals surface area (Å²) in [6, 6.07) is 13.5. The van der Waals surface area contributed by atoms with Crippen molar-refractivity contribution in [1.29, 1.82) is 0 Å². The highest BCUT2D eigenvalue weighted by molar-refractivity contribution is 7.92. The number of fused-ring (bicyclic) bond motifs is 1. The first-order valence-corrected chi connectivity index (χ1v) is 10.8. The van der Waals surface area contributed by atoms with Crippen LogP contribution in [0.4, 0.5) is 5.69 Å². The van der Waals surface area contributed by atoms with Gasteiger partial charge >= 0.3 is 0 Å². The molecule has 0 saturated carbocycles. The molecular formula is C21H26N2O4S. The van der Waals surface area contributed by atoms with E-state index in [2.05, 4.69) is 5.32 Å². The second-order valence-corrected chi connectivity index (χ2v) is 9.33. The lowest BCUT2D eigenvalue weighted by molar-refractivity contribution is -0.128. The van der Waals surface area contributed by atoms with Gasteiger partial charge in [-0.2, -0.15) is 0 Å². The summed E-state index contributed by atoms with van der Waals surface area (Å²) in [5.74, 6) is 0.320. The molecule has 2 atom stereocenters. The van der Waals surface area contributed by atoms with Crippen molar-refractivity contribution in [2.45, 2.75) is 44.7 Å². The molecule has 2 aromatic carbocycles. The van der Waals surface area contributed by atoms with E-state index in [0.29, 0.717) is 11.4 Å². The minimum atomic E-state index is -3.83. The molecule has 3 rings (SSSR count). The number of ether oxygens (including phenoxy) is 1. The Kier molecular flexibility index (Phi) is 5.65. The number of carbonyl (C=O) groups excluding carboxylic acids is 1.